The molecule has 0 amide bonds. The average Bonchev–Trinajstić information content (AvgIpc) is 2.83. The van der Waals surface area contributed by atoms with E-state index in [2.05, 4.69) is 26.6 Å². The van der Waals surface area contributed by atoms with Gasteiger partial charge in [0.05, 0.1) is 12.1 Å². The van der Waals surface area contributed by atoms with Crippen molar-refractivity contribution < 1.29 is 4.74 Å². The molecule has 1 N–H and O–H groups in total. The highest BCUT2D eigenvalue weighted by atomic mass is 32.2. The normalized spacial score (nSPS) is 26.7. The van der Waals surface area contributed by atoms with Gasteiger partial charge in [0, 0.05) is 32.1 Å². The Labute approximate surface area is 119 Å². The number of imidazole rings is 1. The zero-order chi connectivity index (χ0) is 13.1. The molecule has 1 aromatic rings. The van der Waals surface area contributed by atoms with Crippen LogP contribution in [-0.2, 0) is 18.3 Å². The number of hydrogen-bond acceptors (Lipinski definition) is 4. The van der Waals surface area contributed by atoms with Gasteiger partial charge in [-0.3, -0.25) is 0 Å². The standard InChI is InChI=1S/C14H23N3OS/c1-17-6-5-15-13(17)11-16-12-2-7-18-14(10-12)3-8-19-9-4-14/h5-6,12,16H,2-4,7-11H2,1H3. The van der Waals surface area contributed by atoms with E-state index in [1.807, 2.05) is 19.4 Å². The molecule has 2 fully saturated rings. The molecule has 2 aliphatic heterocycles. The van der Waals surface area contributed by atoms with Gasteiger partial charge >= 0.3 is 0 Å². The number of ether oxygens (including phenoxy) is 1. The van der Waals surface area contributed by atoms with Gasteiger partial charge in [0.15, 0.2) is 0 Å². The molecule has 5 heteroatoms. The lowest BCUT2D eigenvalue weighted by atomic mass is 9.85. The molecule has 0 aromatic carbocycles. The third kappa shape index (κ3) is 3.15. The van der Waals surface area contributed by atoms with E-state index in [9.17, 15) is 0 Å². The van der Waals surface area contributed by atoms with Crippen LogP contribution in [0, 0.1) is 0 Å². The van der Waals surface area contributed by atoms with Gasteiger partial charge in [-0.15, -0.1) is 0 Å². The van der Waals surface area contributed by atoms with E-state index >= 15 is 0 Å². The number of nitrogens with one attached hydrogen (secondary N) is 1. The van der Waals surface area contributed by atoms with Crippen LogP contribution in [0.2, 0.25) is 0 Å². The fraction of sp³-hybridized carbons (Fsp3) is 0.786. The average molecular weight is 281 g/mol. The van der Waals surface area contributed by atoms with Crippen LogP contribution < -0.4 is 5.32 Å². The van der Waals surface area contributed by atoms with E-state index < -0.39 is 0 Å². The van der Waals surface area contributed by atoms with Crippen LogP contribution in [0.15, 0.2) is 12.4 Å². The second-order valence-corrected chi connectivity index (χ2v) is 6.89. The molecule has 3 heterocycles. The first-order valence-corrected chi connectivity index (χ1v) is 8.34. The summed E-state index contributed by atoms with van der Waals surface area (Å²) < 4.78 is 8.21. The summed E-state index contributed by atoms with van der Waals surface area (Å²) in [6.45, 7) is 1.77. The maximum Gasteiger partial charge on any atom is 0.122 e. The summed E-state index contributed by atoms with van der Waals surface area (Å²) in [5, 5.41) is 3.67. The molecule has 1 aromatic heterocycles. The monoisotopic (exact) mass is 281 g/mol. The first kappa shape index (κ1) is 13.5. The van der Waals surface area contributed by atoms with Crippen molar-refractivity contribution in [1.29, 1.82) is 0 Å². The van der Waals surface area contributed by atoms with Gasteiger partial charge in [-0.25, -0.2) is 4.98 Å². The van der Waals surface area contributed by atoms with Gasteiger partial charge in [-0.2, -0.15) is 11.8 Å². The van der Waals surface area contributed by atoms with Gasteiger partial charge in [0.1, 0.15) is 5.82 Å². The number of nitrogens with zero attached hydrogens (tertiary/aromatic N) is 2. The second kappa shape index (κ2) is 5.85. The predicted octanol–water partition coefficient (Wildman–Crippen LogP) is 1.95. The van der Waals surface area contributed by atoms with Gasteiger partial charge in [-0.05, 0) is 37.2 Å². The van der Waals surface area contributed by atoms with Crippen molar-refractivity contribution in [2.45, 2.75) is 43.9 Å². The van der Waals surface area contributed by atoms with Crippen molar-refractivity contribution in [2.75, 3.05) is 18.1 Å². The smallest absolute Gasteiger partial charge is 0.122 e. The summed E-state index contributed by atoms with van der Waals surface area (Å²) in [5.74, 6) is 3.62. The summed E-state index contributed by atoms with van der Waals surface area (Å²) in [5.41, 5.74) is 0.169. The van der Waals surface area contributed by atoms with Crippen LogP contribution in [0.1, 0.15) is 31.5 Å². The summed E-state index contributed by atoms with van der Waals surface area (Å²) in [6, 6.07) is 0.577. The maximum absolute atomic E-state index is 6.12. The highest BCUT2D eigenvalue weighted by Gasteiger charge is 2.38. The van der Waals surface area contributed by atoms with Crippen LogP contribution in [0.25, 0.3) is 0 Å². The Morgan fingerprint density at radius 1 is 1.53 bits per heavy atom. The minimum Gasteiger partial charge on any atom is -0.375 e. The topological polar surface area (TPSA) is 39.1 Å². The molecule has 106 valence electrons. The number of rotatable bonds is 3. The van der Waals surface area contributed by atoms with Crippen LogP contribution >= 0.6 is 11.8 Å². The first-order valence-electron chi connectivity index (χ1n) is 7.19. The quantitative estimate of drug-likeness (QED) is 0.919. The zero-order valence-electron chi connectivity index (χ0n) is 11.6. The van der Waals surface area contributed by atoms with Crippen molar-refractivity contribution >= 4 is 11.8 Å². The molecule has 1 unspecified atom stereocenters. The zero-order valence-corrected chi connectivity index (χ0v) is 12.4. The molecule has 0 bridgehead atoms. The number of thioether (sulfide) groups is 1. The molecule has 2 saturated heterocycles. The molecule has 19 heavy (non-hydrogen) atoms. The third-order valence-electron chi connectivity index (χ3n) is 4.37. The predicted molar refractivity (Wildman–Crippen MR) is 78.3 cm³/mol. The summed E-state index contributed by atoms with van der Waals surface area (Å²) in [7, 11) is 2.05. The van der Waals surface area contributed by atoms with E-state index in [1.165, 1.54) is 24.3 Å². The van der Waals surface area contributed by atoms with E-state index in [0.717, 1.165) is 31.8 Å². The van der Waals surface area contributed by atoms with Crippen molar-refractivity contribution in [3.05, 3.63) is 18.2 Å². The molecule has 1 spiro atoms. The van der Waals surface area contributed by atoms with Crippen LogP contribution in [0.3, 0.4) is 0 Å². The van der Waals surface area contributed by atoms with E-state index in [0.29, 0.717) is 6.04 Å². The highest BCUT2D eigenvalue weighted by molar-refractivity contribution is 7.99. The van der Waals surface area contributed by atoms with Gasteiger partial charge in [0.25, 0.3) is 0 Å². The van der Waals surface area contributed by atoms with Crippen molar-refractivity contribution in [1.82, 2.24) is 14.9 Å². The molecular formula is C14H23N3OS. The lowest BCUT2D eigenvalue weighted by Crippen LogP contribution is -2.48. The Hall–Kier alpha value is -0.520. The lowest BCUT2D eigenvalue weighted by molar-refractivity contribution is -0.0933. The molecule has 0 aliphatic carbocycles. The van der Waals surface area contributed by atoms with E-state index in [4.69, 9.17) is 4.74 Å². The fourth-order valence-electron chi connectivity index (χ4n) is 3.10. The van der Waals surface area contributed by atoms with Crippen LogP contribution in [0.4, 0.5) is 0 Å². The van der Waals surface area contributed by atoms with Crippen molar-refractivity contribution in [2.24, 2.45) is 7.05 Å². The maximum atomic E-state index is 6.12. The molecule has 2 aliphatic rings. The van der Waals surface area contributed by atoms with E-state index in [1.54, 1.807) is 0 Å². The molecular weight excluding hydrogens is 258 g/mol. The molecule has 0 radical (unpaired) electrons. The minimum atomic E-state index is 0.169. The Bertz CT molecular complexity index is 409. The largest absolute Gasteiger partial charge is 0.375 e. The van der Waals surface area contributed by atoms with Gasteiger partial charge in [0.2, 0.25) is 0 Å². The molecule has 0 saturated carbocycles. The van der Waals surface area contributed by atoms with E-state index in [-0.39, 0.29) is 5.60 Å². The van der Waals surface area contributed by atoms with Gasteiger partial charge < -0.3 is 14.6 Å². The number of aromatic nitrogens is 2. The van der Waals surface area contributed by atoms with Gasteiger partial charge in [-0.1, -0.05) is 0 Å². The fourth-order valence-corrected chi connectivity index (χ4v) is 4.33. The second-order valence-electron chi connectivity index (χ2n) is 5.67. The van der Waals surface area contributed by atoms with Crippen LogP contribution in [0.5, 0.6) is 0 Å². The third-order valence-corrected chi connectivity index (χ3v) is 5.35. The number of aryl methyl sites for hydroxylation is 1. The Morgan fingerprint density at radius 3 is 3.11 bits per heavy atom. The first-order chi connectivity index (χ1) is 9.27. The lowest BCUT2D eigenvalue weighted by Gasteiger charge is -2.43. The molecule has 1 atom stereocenters. The SMILES string of the molecule is Cn1ccnc1CNC1CCOC2(CCSCC2)C1. The molecule has 4 nitrogen and oxygen atoms in total. The summed E-state index contributed by atoms with van der Waals surface area (Å²) in [4.78, 5) is 4.37. The minimum absolute atomic E-state index is 0.169. The van der Waals surface area contributed by atoms with Crippen LogP contribution in [-0.4, -0.2) is 39.3 Å². The number of hydrogen-bond donors (Lipinski definition) is 1. The Morgan fingerprint density at radius 2 is 2.37 bits per heavy atom. The Kier molecular flexibility index (Phi) is 4.15. The summed E-state index contributed by atoms with van der Waals surface area (Å²) in [6.07, 6.45) is 8.59. The van der Waals surface area contributed by atoms with Crippen molar-refractivity contribution in [3.8, 4) is 0 Å². The van der Waals surface area contributed by atoms with Crippen molar-refractivity contribution in [3.63, 3.8) is 0 Å². The molecule has 3 rings (SSSR count). The Balaban J connectivity index is 1.55. The summed E-state index contributed by atoms with van der Waals surface area (Å²) >= 11 is 2.06. The highest BCUT2D eigenvalue weighted by Crippen LogP contribution is 2.37.